The lowest BCUT2D eigenvalue weighted by atomic mass is 9.88. The summed E-state index contributed by atoms with van der Waals surface area (Å²) in [6.45, 7) is 2.79. The molecular formula is C20H33N5O3. The van der Waals surface area contributed by atoms with Gasteiger partial charge in [-0.15, -0.1) is 0 Å². The second-order valence-electron chi connectivity index (χ2n) is 8.00. The zero-order valence-corrected chi connectivity index (χ0v) is 16.8. The van der Waals surface area contributed by atoms with Crippen LogP contribution in [0.25, 0.3) is 0 Å². The number of aliphatic hydroxyl groups is 1. The minimum atomic E-state index is -0.425. The summed E-state index contributed by atoms with van der Waals surface area (Å²) in [5, 5.41) is 12.3. The van der Waals surface area contributed by atoms with E-state index in [1.807, 2.05) is 17.8 Å². The highest BCUT2D eigenvalue weighted by Gasteiger charge is 2.34. The van der Waals surface area contributed by atoms with Crippen molar-refractivity contribution in [2.45, 2.75) is 51.1 Å². The molecule has 8 nitrogen and oxygen atoms in total. The number of nitrogens with one attached hydrogen (secondary N) is 1. The SMILES string of the molecule is Cn1ccnc1CN(CCO)C(=O)C[C@@H]1C(=O)NCCN1CC1CCCCC1. The van der Waals surface area contributed by atoms with Crippen LogP contribution < -0.4 is 5.32 Å². The third-order valence-corrected chi connectivity index (χ3v) is 6.00. The van der Waals surface area contributed by atoms with E-state index in [-0.39, 0.29) is 31.4 Å². The lowest BCUT2D eigenvalue weighted by molar-refractivity contribution is -0.140. The Morgan fingerprint density at radius 2 is 2.14 bits per heavy atom. The van der Waals surface area contributed by atoms with Crippen LogP contribution in [-0.4, -0.2) is 75.1 Å². The van der Waals surface area contributed by atoms with E-state index in [4.69, 9.17) is 0 Å². The molecule has 1 saturated carbocycles. The number of aliphatic hydroxyl groups excluding tert-OH is 1. The summed E-state index contributed by atoms with van der Waals surface area (Å²) in [5.41, 5.74) is 0. The second-order valence-corrected chi connectivity index (χ2v) is 8.00. The number of aromatic nitrogens is 2. The summed E-state index contributed by atoms with van der Waals surface area (Å²) in [7, 11) is 1.88. The molecule has 156 valence electrons. The molecule has 0 aromatic carbocycles. The van der Waals surface area contributed by atoms with Crippen LogP contribution >= 0.6 is 0 Å². The summed E-state index contributed by atoms with van der Waals surface area (Å²) in [6.07, 6.45) is 9.94. The fraction of sp³-hybridized carbons (Fsp3) is 0.750. The average molecular weight is 392 g/mol. The van der Waals surface area contributed by atoms with Gasteiger partial charge in [0, 0.05) is 45.6 Å². The molecule has 8 heteroatoms. The normalized spacial score (nSPS) is 21.5. The zero-order valence-electron chi connectivity index (χ0n) is 16.8. The van der Waals surface area contributed by atoms with E-state index in [0.29, 0.717) is 19.0 Å². The molecule has 1 atom stereocenters. The summed E-state index contributed by atoms with van der Waals surface area (Å²) < 4.78 is 1.86. The summed E-state index contributed by atoms with van der Waals surface area (Å²) >= 11 is 0. The fourth-order valence-corrected chi connectivity index (χ4v) is 4.33. The molecule has 2 fully saturated rings. The molecule has 0 unspecified atom stereocenters. The molecule has 1 saturated heterocycles. The molecule has 1 aliphatic carbocycles. The monoisotopic (exact) mass is 391 g/mol. The zero-order chi connectivity index (χ0) is 19.9. The van der Waals surface area contributed by atoms with Crippen molar-refractivity contribution < 1.29 is 14.7 Å². The number of aryl methyl sites for hydroxylation is 1. The lowest BCUT2D eigenvalue weighted by Crippen LogP contribution is -2.57. The number of amides is 2. The Labute approximate surface area is 166 Å². The molecule has 2 heterocycles. The van der Waals surface area contributed by atoms with Crippen molar-refractivity contribution in [3.63, 3.8) is 0 Å². The Morgan fingerprint density at radius 1 is 1.36 bits per heavy atom. The van der Waals surface area contributed by atoms with Crippen molar-refractivity contribution in [3.05, 3.63) is 18.2 Å². The van der Waals surface area contributed by atoms with E-state index >= 15 is 0 Å². The molecule has 2 aliphatic rings. The maximum Gasteiger partial charge on any atom is 0.237 e. The molecule has 1 aliphatic heterocycles. The number of hydrogen-bond donors (Lipinski definition) is 2. The van der Waals surface area contributed by atoms with Crippen molar-refractivity contribution in [2.24, 2.45) is 13.0 Å². The molecule has 2 N–H and O–H groups in total. The van der Waals surface area contributed by atoms with Crippen molar-refractivity contribution in [1.82, 2.24) is 24.7 Å². The van der Waals surface area contributed by atoms with Gasteiger partial charge in [-0.1, -0.05) is 19.3 Å². The Bertz CT molecular complexity index is 656. The van der Waals surface area contributed by atoms with E-state index in [1.165, 1.54) is 32.1 Å². The Hall–Kier alpha value is -1.93. The Balaban J connectivity index is 1.64. The van der Waals surface area contributed by atoms with E-state index in [1.54, 1.807) is 11.1 Å². The van der Waals surface area contributed by atoms with Crippen LogP contribution in [0.15, 0.2) is 12.4 Å². The first-order valence-electron chi connectivity index (χ1n) is 10.4. The topological polar surface area (TPSA) is 90.7 Å². The number of imidazole rings is 1. The molecule has 2 amide bonds. The molecule has 28 heavy (non-hydrogen) atoms. The van der Waals surface area contributed by atoms with Gasteiger partial charge in [0.1, 0.15) is 5.82 Å². The quantitative estimate of drug-likeness (QED) is 0.674. The second kappa shape index (κ2) is 10.0. The minimum absolute atomic E-state index is 0.0589. The van der Waals surface area contributed by atoms with Gasteiger partial charge in [0.15, 0.2) is 0 Å². The largest absolute Gasteiger partial charge is 0.395 e. The highest BCUT2D eigenvalue weighted by atomic mass is 16.3. The summed E-state index contributed by atoms with van der Waals surface area (Å²) in [4.78, 5) is 33.6. The predicted octanol–water partition coefficient (Wildman–Crippen LogP) is 0.512. The van der Waals surface area contributed by atoms with Gasteiger partial charge in [-0.05, 0) is 18.8 Å². The number of rotatable bonds is 8. The Kier molecular flexibility index (Phi) is 7.44. The van der Waals surface area contributed by atoms with E-state index in [2.05, 4.69) is 15.2 Å². The van der Waals surface area contributed by atoms with Gasteiger partial charge < -0.3 is 19.9 Å². The number of piperazine rings is 1. The van der Waals surface area contributed by atoms with Crippen LogP contribution in [0.3, 0.4) is 0 Å². The first-order valence-corrected chi connectivity index (χ1v) is 10.4. The number of nitrogens with zero attached hydrogens (tertiary/aromatic N) is 4. The van der Waals surface area contributed by atoms with Crippen molar-refractivity contribution >= 4 is 11.8 Å². The van der Waals surface area contributed by atoms with Gasteiger partial charge in [0.2, 0.25) is 11.8 Å². The summed E-state index contributed by atoms with van der Waals surface area (Å²) in [6, 6.07) is -0.425. The molecule has 0 bridgehead atoms. The van der Waals surface area contributed by atoms with Crippen molar-refractivity contribution in [1.29, 1.82) is 0 Å². The number of carbonyl (C=O) groups excluding carboxylic acids is 2. The van der Waals surface area contributed by atoms with Crippen LogP contribution in [0.5, 0.6) is 0 Å². The standard InChI is InChI=1S/C20H33N5O3/c1-23-9-7-21-18(23)15-25(11-12-26)19(27)13-17-20(28)22-8-10-24(17)14-16-5-3-2-4-6-16/h7,9,16-17,26H,2-6,8,10-15H2,1H3,(H,22,28)/t17-/m1/s1. The first kappa shape index (κ1) is 20.8. The van der Waals surface area contributed by atoms with E-state index < -0.39 is 6.04 Å². The maximum absolute atomic E-state index is 13.0. The minimum Gasteiger partial charge on any atom is -0.395 e. The van der Waals surface area contributed by atoms with Crippen molar-refractivity contribution in [2.75, 3.05) is 32.8 Å². The molecular weight excluding hydrogens is 358 g/mol. The molecule has 3 rings (SSSR count). The molecule has 0 radical (unpaired) electrons. The summed E-state index contributed by atoms with van der Waals surface area (Å²) in [5.74, 6) is 1.21. The van der Waals surface area contributed by atoms with Gasteiger partial charge in [-0.3, -0.25) is 14.5 Å². The average Bonchev–Trinajstić information content (AvgIpc) is 3.09. The highest BCUT2D eigenvalue weighted by Crippen LogP contribution is 2.26. The molecule has 0 spiro atoms. The van der Waals surface area contributed by atoms with Gasteiger partial charge in [0.25, 0.3) is 0 Å². The number of hydrogen-bond acceptors (Lipinski definition) is 5. The van der Waals surface area contributed by atoms with Gasteiger partial charge in [-0.2, -0.15) is 0 Å². The van der Waals surface area contributed by atoms with Gasteiger partial charge >= 0.3 is 0 Å². The fourth-order valence-electron chi connectivity index (χ4n) is 4.33. The van der Waals surface area contributed by atoms with Crippen LogP contribution in [0.1, 0.15) is 44.3 Å². The molecule has 1 aromatic heterocycles. The van der Waals surface area contributed by atoms with Gasteiger partial charge in [-0.25, -0.2) is 4.98 Å². The Morgan fingerprint density at radius 3 is 2.82 bits per heavy atom. The highest BCUT2D eigenvalue weighted by molar-refractivity contribution is 5.88. The molecule has 1 aromatic rings. The maximum atomic E-state index is 13.0. The van der Waals surface area contributed by atoms with Crippen LogP contribution in [0.2, 0.25) is 0 Å². The van der Waals surface area contributed by atoms with Gasteiger partial charge in [0.05, 0.1) is 25.6 Å². The van der Waals surface area contributed by atoms with E-state index in [9.17, 15) is 14.7 Å². The van der Waals surface area contributed by atoms with Crippen LogP contribution in [0, 0.1) is 5.92 Å². The third kappa shape index (κ3) is 5.32. The van der Waals surface area contributed by atoms with Crippen LogP contribution in [-0.2, 0) is 23.2 Å². The van der Waals surface area contributed by atoms with Crippen molar-refractivity contribution in [3.8, 4) is 0 Å². The predicted molar refractivity (Wildman–Crippen MR) is 105 cm³/mol. The third-order valence-electron chi connectivity index (χ3n) is 6.00. The lowest BCUT2D eigenvalue weighted by Gasteiger charge is -2.38. The number of carbonyl (C=O) groups is 2. The van der Waals surface area contributed by atoms with E-state index in [0.717, 1.165) is 18.9 Å². The first-order chi connectivity index (χ1) is 13.6. The smallest absolute Gasteiger partial charge is 0.237 e. The van der Waals surface area contributed by atoms with Crippen LogP contribution in [0.4, 0.5) is 0 Å².